The predicted octanol–water partition coefficient (Wildman–Crippen LogP) is -1.62. The van der Waals surface area contributed by atoms with Gasteiger partial charge in [0.25, 0.3) is 5.91 Å². The molecule has 0 bridgehead atoms. The topological polar surface area (TPSA) is 58.0 Å². The summed E-state index contributed by atoms with van der Waals surface area (Å²) in [4.78, 5) is 32.9. The molecular formula is C26H36Br2N4O2S2. The van der Waals surface area contributed by atoms with Gasteiger partial charge in [-0.25, -0.2) is 0 Å². The summed E-state index contributed by atoms with van der Waals surface area (Å²) in [5, 5.41) is 0. The summed E-state index contributed by atoms with van der Waals surface area (Å²) in [5.74, 6) is 0.328. The van der Waals surface area contributed by atoms with Crippen molar-refractivity contribution in [3.63, 3.8) is 0 Å². The molecule has 1 saturated heterocycles. The molecule has 4 rings (SSSR count). The van der Waals surface area contributed by atoms with E-state index in [4.69, 9.17) is 0 Å². The second kappa shape index (κ2) is 16.4. The SMILES string of the molecule is Cc1sc[n+](CC(=O)N2CCCCCCC2)c1C.Cc1sc[n+](CC(=O)c2ccccn2)c1C.[Br-].[Br-]. The fourth-order valence-electron chi connectivity index (χ4n) is 3.84. The van der Waals surface area contributed by atoms with Gasteiger partial charge in [-0.15, -0.1) is 0 Å². The third-order valence-corrected chi connectivity index (χ3v) is 8.39. The van der Waals surface area contributed by atoms with Gasteiger partial charge in [0.15, 0.2) is 11.4 Å². The van der Waals surface area contributed by atoms with Crippen molar-refractivity contribution in [2.45, 2.75) is 72.9 Å². The first-order valence-corrected chi connectivity index (χ1v) is 13.7. The second-order valence-corrected chi connectivity index (χ2v) is 10.9. The highest BCUT2D eigenvalue weighted by molar-refractivity contribution is 7.09. The molecule has 0 radical (unpaired) electrons. The molecule has 1 aliphatic rings. The second-order valence-electron chi connectivity index (χ2n) is 8.77. The number of amides is 1. The largest absolute Gasteiger partial charge is 1.00 e. The van der Waals surface area contributed by atoms with Crippen molar-refractivity contribution in [3.05, 3.63) is 62.3 Å². The Kier molecular flexibility index (Phi) is 14.8. The van der Waals surface area contributed by atoms with E-state index in [2.05, 4.69) is 40.7 Å². The van der Waals surface area contributed by atoms with E-state index in [9.17, 15) is 9.59 Å². The van der Waals surface area contributed by atoms with Gasteiger partial charge in [-0.1, -0.05) is 48.0 Å². The molecule has 0 unspecified atom stereocenters. The molecule has 0 saturated carbocycles. The van der Waals surface area contributed by atoms with Crippen molar-refractivity contribution in [2.24, 2.45) is 0 Å². The Hall–Kier alpha value is -1.49. The quantitative estimate of drug-likeness (QED) is 0.245. The molecule has 0 N–H and O–H groups in total. The molecule has 36 heavy (non-hydrogen) atoms. The molecule has 1 amide bonds. The number of rotatable bonds is 5. The van der Waals surface area contributed by atoms with Crippen LogP contribution in [0.25, 0.3) is 0 Å². The first kappa shape index (κ1) is 32.5. The highest BCUT2D eigenvalue weighted by Crippen LogP contribution is 2.12. The number of likely N-dealkylation sites (tertiary alicyclic amines) is 1. The maximum Gasteiger partial charge on any atom is 0.288 e. The van der Waals surface area contributed by atoms with Gasteiger partial charge in [-0.3, -0.25) is 14.6 Å². The van der Waals surface area contributed by atoms with E-state index in [0.29, 0.717) is 18.8 Å². The monoisotopic (exact) mass is 658 g/mol. The standard InChI is InChI=1S/C14H23N2OS.C12H13N2OS.2BrH/c1-12-13(2)18-11-16(12)10-14(17)15-8-6-4-3-5-7-9-15;1-9-10(2)16-8-14(9)7-12(15)11-5-3-4-6-13-11;;/h11H,3-10H2,1-2H3;3-6,8H,7H2,1-2H3;2*1H/q2*+1;;/p-2. The van der Waals surface area contributed by atoms with Crippen LogP contribution in [0.1, 0.15) is 63.7 Å². The van der Waals surface area contributed by atoms with Crippen LogP contribution < -0.4 is 43.1 Å². The molecule has 3 aromatic rings. The zero-order chi connectivity index (χ0) is 24.5. The molecule has 1 fully saturated rings. The Morgan fingerprint density at radius 1 is 0.833 bits per heavy atom. The minimum atomic E-state index is 0. The van der Waals surface area contributed by atoms with Gasteiger partial charge in [0.1, 0.15) is 5.69 Å². The van der Waals surface area contributed by atoms with E-state index in [1.54, 1.807) is 34.9 Å². The van der Waals surface area contributed by atoms with Crippen LogP contribution in [-0.2, 0) is 17.9 Å². The van der Waals surface area contributed by atoms with E-state index in [0.717, 1.165) is 31.6 Å². The molecule has 4 heterocycles. The third kappa shape index (κ3) is 9.43. The first-order valence-electron chi connectivity index (χ1n) is 12.0. The smallest absolute Gasteiger partial charge is 0.288 e. The first-order chi connectivity index (χ1) is 16.4. The molecule has 0 aliphatic carbocycles. The number of ketones is 1. The summed E-state index contributed by atoms with van der Waals surface area (Å²) in [5.41, 5.74) is 6.94. The number of aromatic nitrogens is 3. The summed E-state index contributed by atoms with van der Waals surface area (Å²) < 4.78 is 4.05. The number of thiazole rings is 2. The molecule has 6 nitrogen and oxygen atoms in total. The number of Topliss-reactive ketones (excluding diaryl/α,β-unsaturated/α-hetero) is 1. The average Bonchev–Trinajstić information content (AvgIpc) is 3.30. The van der Waals surface area contributed by atoms with E-state index in [-0.39, 0.29) is 45.7 Å². The van der Waals surface area contributed by atoms with E-state index in [1.807, 2.05) is 29.1 Å². The normalized spacial score (nSPS) is 13.3. The van der Waals surface area contributed by atoms with Crippen molar-refractivity contribution in [2.75, 3.05) is 13.1 Å². The summed E-state index contributed by atoms with van der Waals surface area (Å²) in [7, 11) is 0. The number of carbonyl (C=O) groups excluding carboxylic acids is 2. The zero-order valence-corrected chi connectivity index (χ0v) is 26.3. The fourth-order valence-corrected chi connectivity index (χ4v) is 5.45. The summed E-state index contributed by atoms with van der Waals surface area (Å²) in [6.07, 6.45) is 7.85. The third-order valence-electron chi connectivity index (χ3n) is 6.37. The van der Waals surface area contributed by atoms with Crippen molar-refractivity contribution in [1.82, 2.24) is 9.88 Å². The highest BCUT2D eigenvalue weighted by atomic mass is 79.9. The van der Waals surface area contributed by atoms with Crippen LogP contribution in [0.4, 0.5) is 0 Å². The molecule has 0 atom stereocenters. The van der Waals surface area contributed by atoms with Crippen molar-refractivity contribution in [3.8, 4) is 0 Å². The fraction of sp³-hybridized carbons (Fsp3) is 0.500. The Morgan fingerprint density at radius 2 is 1.36 bits per heavy atom. The summed E-state index contributed by atoms with van der Waals surface area (Å²) in [6.45, 7) is 11.1. The molecule has 0 spiro atoms. The van der Waals surface area contributed by atoms with Crippen LogP contribution >= 0.6 is 22.7 Å². The zero-order valence-electron chi connectivity index (χ0n) is 21.5. The maximum atomic E-state index is 12.3. The maximum absolute atomic E-state index is 12.3. The Balaban J connectivity index is 0.000000343. The lowest BCUT2D eigenvalue weighted by Gasteiger charge is -2.23. The van der Waals surface area contributed by atoms with Crippen molar-refractivity contribution in [1.29, 1.82) is 0 Å². The number of hydrogen-bond acceptors (Lipinski definition) is 5. The van der Waals surface area contributed by atoms with Crippen LogP contribution in [0.5, 0.6) is 0 Å². The van der Waals surface area contributed by atoms with E-state index < -0.39 is 0 Å². The summed E-state index contributed by atoms with van der Waals surface area (Å²) in [6, 6.07) is 5.39. The lowest BCUT2D eigenvalue weighted by molar-refractivity contribution is -0.686. The minimum Gasteiger partial charge on any atom is -1.00 e. The van der Waals surface area contributed by atoms with Crippen molar-refractivity contribution >= 4 is 34.4 Å². The molecular weight excluding hydrogens is 624 g/mol. The number of hydrogen-bond donors (Lipinski definition) is 0. The Bertz CT molecular complexity index is 1090. The molecule has 1 aliphatic heterocycles. The molecule has 10 heteroatoms. The van der Waals surface area contributed by atoms with Gasteiger partial charge in [0.2, 0.25) is 29.9 Å². The van der Waals surface area contributed by atoms with Gasteiger partial charge >= 0.3 is 0 Å². The highest BCUT2D eigenvalue weighted by Gasteiger charge is 2.21. The molecule has 0 aromatic carbocycles. The number of carbonyl (C=O) groups is 2. The Morgan fingerprint density at radius 3 is 1.83 bits per heavy atom. The lowest BCUT2D eigenvalue weighted by Crippen LogP contribution is -3.00. The lowest BCUT2D eigenvalue weighted by atomic mass is 10.1. The van der Waals surface area contributed by atoms with Gasteiger partial charge < -0.3 is 38.9 Å². The predicted molar refractivity (Wildman–Crippen MR) is 136 cm³/mol. The van der Waals surface area contributed by atoms with Crippen LogP contribution in [-0.4, -0.2) is 34.7 Å². The van der Waals surface area contributed by atoms with E-state index >= 15 is 0 Å². The van der Waals surface area contributed by atoms with Gasteiger partial charge in [0.05, 0.1) is 9.75 Å². The van der Waals surface area contributed by atoms with Gasteiger partial charge in [-0.05, 0) is 38.8 Å². The van der Waals surface area contributed by atoms with Crippen LogP contribution in [0.2, 0.25) is 0 Å². The number of aryl methyl sites for hydroxylation is 2. The number of pyridine rings is 1. The summed E-state index contributed by atoms with van der Waals surface area (Å²) >= 11 is 3.38. The van der Waals surface area contributed by atoms with Gasteiger partial charge in [-0.2, -0.15) is 9.13 Å². The number of halogens is 2. The minimum absolute atomic E-state index is 0. The molecule has 3 aromatic heterocycles. The van der Waals surface area contributed by atoms with Crippen LogP contribution in [0.15, 0.2) is 35.4 Å². The van der Waals surface area contributed by atoms with Crippen LogP contribution in [0, 0.1) is 27.7 Å². The average molecular weight is 661 g/mol. The Labute approximate surface area is 243 Å². The van der Waals surface area contributed by atoms with Gasteiger partial charge in [0, 0.05) is 33.1 Å². The van der Waals surface area contributed by atoms with E-state index in [1.165, 1.54) is 34.7 Å². The van der Waals surface area contributed by atoms with Crippen molar-refractivity contribution < 1.29 is 52.7 Å². The number of nitrogens with zero attached hydrogens (tertiary/aromatic N) is 4. The molecule has 198 valence electrons. The van der Waals surface area contributed by atoms with Crippen LogP contribution in [0.3, 0.4) is 0 Å².